The molecule has 0 saturated heterocycles. The molecule has 0 bridgehead atoms. The standard InChI is InChI=1S/C19H12Cl4O5S/c20-12-3-1-2-10(6-12)19(29(26,27)28,14-9-13(21)4-5-16(14)24)11-7-15(22)18(23)17(25)8-11/h1-9,24-25H,(H,26,27,28). The van der Waals surface area contributed by atoms with Crippen LogP contribution < -0.4 is 0 Å². The summed E-state index contributed by atoms with van der Waals surface area (Å²) in [5, 5.41) is 20.6. The van der Waals surface area contributed by atoms with Gasteiger partial charge in [-0.3, -0.25) is 4.55 Å². The Hall–Kier alpha value is -1.67. The maximum atomic E-state index is 12.9. The van der Waals surface area contributed by atoms with Gasteiger partial charge in [0.25, 0.3) is 10.1 Å². The molecule has 0 radical (unpaired) electrons. The van der Waals surface area contributed by atoms with Gasteiger partial charge in [-0.05, 0) is 53.6 Å². The average molecular weight is 494 g/mol. The van der Waals surface area contributed by atoms with Crippen molar-refractivity contribution in [3.05, 3.63) is 91.4 Å². The minimum Gasteiger partial charge on any atom is -0.508 e. The summed E-state index contributed by atoms with van der Waals surface area (Å²) < 4.78 is 33.9. The number of hydrogen-bond acceptors (Lipinski definition) is 4. The van der Waals surface area contributed by atoms with Crippen molar-refractivity contribution in [3.8, 4) is 11.5 Å². The fourth-order valence-electron chi connectivity index (χ4n) is 3.19. The van der Waals surface area contributed by atoms with Gasteiger partial charge in [-0.1, -0.05) is 58.5 Å². The number of halogens is 4. The average Bonchev–Trinajstić information content (AvgIpc) is 2.62. The van der Waals surface area contributed by atoms with Crippen molar-refractivity contribution in [1.82, 2.24) is 0 Å². The highest BCUT2D eigenvalue weighted by molar-refractivity contribution is 7.87. The summed E-state index contributed by atoms with van der Waals surface area (Å²) in [7, 11) is -5.08. The summed E-state index contributed by atoms with van der Waals surface area (Å²) in [6, 6.07) is 11.6. The number of phenols is 2. The van der Waals surface area contributed by atoms with Crippen molar-refractivity contribution in [2.24, 2.45) is 0 Å². The van der Waals surface area contributed by atoms with Crippen molar-refractivity contribution < 1.29 is 23.2 Å². The van der Waals surface area contributed by atoms with Crippen molar-refractivity contribution in [3.63, 3.8) is 0 Å². The third kappa shape index (κ3) is 3.77. The van der Waals surface area contributed by atoms with E-state index >= 15 is 0 Å². The van der Waals surface area contributed by atoms with Gasteiger partial charge in [-0.2, -0.15) is 8.42 Å². The molecule has 0 spiro atoms. The molecule has 10 heteroatoms. The lowest BCUT2D eigenvalue weighted by Crippen LogP contribution is -2.38. The first-order valence-corrected chi connectivity index (χ1v) is 10.8. The Kier molecular flexibility index (Phi) is 5.98. The van der Waals surface area contributed by atoms with E-state index < -0.39 is 26.4 Å². The zero-order valence-corrected chi connectivity index (χ0v) is 18.1. The Bertz CT molecular complexity index is 1190. The van der Waals surface area contributed by atoms with Gasteiger partial charge in [0.2, 0.25) is 0 Å². The highest BCUT2D eigenvalue weighted by Gasteiger charge is 2.50. The van der Waals surface area contributed by atoms with E-state index in [-0.39, 0.29) is 36.8 Å². The monoisotopic (exact) mass is 492 g/mol. The smallest absolute Gasteiger partial charge is 0.283 e. The van der Waals surface area contributed by atoms with Crippen LogP contribution in [0.4, 0.5) is 0 Å². The number of aromatic hydroxyl groups is 2. The van der Waals surface area contributed by atoms with Crippen LogP contribution in [0.3, 0.4) is 0 Å². The molecule has 0 aromatic heterocycles. The second-order valence-corrected chi connectivity index (χ2v) is 9.34. The van der Waals surface area contributed by atoms with Gasteiger partial charge < -0.3 is 10.2 Å². The zero-order chi connectivity index (χ0) is 21.6. The van der Waals surface area contributed by atoms with Gasteiger partial charge in [0.05, 0.1) is 5.02 Å². The molecule has 1 unspecified atom stereocenters. The second kappa shape index (κ2) is 7.87. The largest absolute Gasteiger partial charge is 0.508 e. The Morgan fingerprint density at radius 2 is 1.41 bits per heavy atom. The molecule has 3 aromatic carbocycles. The summed E-state index contributed by atoms with van der Waals surface area (Å²) in [5.41, 5.74) is -0.484. The van der Waals surface area contributed by atoms with Crippen LogP contribution in [0.5, 0.6) is 11.5 Å². The van der Waals surface area contributed by atoms with Gasteiger partial charge in [-0.25, -0.2) is 0 Å². The molecule has 0 heterocycles. The van der Waals surface area contributed by atoms with E-state index in [4.69, 9.17) is 46.4 Å². The molecule has 0 fully saturated rings. The lowest BCUT2D eigenvalue weighted by Gasteiger charge is -2.33. The highest BCUT2D eigenvalue weighted by atomic mass is 35.5. The van der Waals surface area contributed by atoms with E-state index in [9.17, 15) is 23.2 Å². The van der Waals surface area contributed by atoms with Crippen LogP contribution in [0.2, 0.25) is 20.1 Å². The molecule has 0 aliphatic rings. The summed E-state index contributed by atoms with van der Waals surface area (Å²) in [4.78, 5) is 0. The lowest BCUT2D eigenvalue weighted by atomic mass is 9.83. The molecule has 0 aliphatic carbocycles. The number of benzene rings is 3. The maximum Gasteiger partial charge on any atom is 0.283 e. The Labute approximate surface area is 186 Å². The number of hydrogen-bond donors (Lipinski definition) is 3. The summed E-state index contributed by atoms with van der Waals surface area (Å²) in [6.07, 6.45) is 0. The van der Waals surface area contributed by atoms with Gasteiger partial charge in [-0.15, -0.1) is 0 Å². The normalized spacial score (nSPS) is 13.8. The van der Waals surface area contributed by atoms with Gasteiger partial charge in [0.1, 0.15) is 16.5 Å². The third-order valence-electron chi connectivity index (χ3n) is 4.37. The van der Waals surface area contributed by atoms with E-state index in [0.29, 0.717) is 0 Å². The molecular weight excluding hydrogens is 482 g/mol. The first-order chi connectivity index (χ1) is 13.5. The second-order valence-electron chi connectivity index (χ2n) is 6.12. The van der Waals surface area contributed by atoms with E-state index in [0.717, 1.165) is 6.07 Å². The Morgan fingerprint density at radius 3 is 2.00 bits per heavy atom. The van der Waals surface area contributed by atoms with Gasteiger partial charge in [0.15, 0.2) is 4.75 Å². The molecule has 3 N–H and O–H groups in total. The molecule has 1 atom stereocenters. The van der Waals surface area contributed by atoms with Crippen LogP contribution in [0.15, 0.2) is 54.6 Å². The lowest BCUT2D eigenvalue weighted by molar-refractivity contribution is 0.439. The summed E-state index contributed by atoms with van der Waals surface area (Å²) >= 11 is 24.1. The van der Waals surface area contributed by atoms with E-state index in [1.165, 1.54) is 48.5 Å². The van der Waals surface area contributed by atoms with E-state index in [2.05, 4.69) is 0 Å². The van der Waals surface area contributed by atoms with Crippen LogP contribution in [-0.2, 0) is 14.9 Å². The van der Waals surface area contributed by atoms with Crippen molar-refractivity contribution >= 4 is 56.5 Å². The highest BCUT2D eigenvalue weighted by Crippen LogP contribution is 2.50. The topological polar surface area (TPSA) is 94.8 Å². The quantitative estimate of drug-likeness (QED) is 0.311. The minimum atomic E-state index is -5.08. The molecule has 29 heavy (non-hydrogen) atoms. The van der Waals surface area contributed by atoms with Crippen molar-refractivity contribution in [2.75, 3.05) is 0 Å². The molecule has 5 nitrogen and oxygen atoms in total. The van der Waals surface area contributed by atoms with Crippen LogP contribution in [0.1, 0.15) is 16.7 Å². The molecule has 0 amide bonds. The summed E-state index contributed by atoms with van der Waals surface area (Å²) in [5.74, 6) is -0.997. The van der Waals surface area contributed by atoms with Crippen LogP contribution in [-0.4, -0.2) is 23.2 Å². The SMILES string of the molecule is O=S(=O)(O)C(c1cccc(Cl)c1)(c1cc(O)c(Cl)c(Cl)c1)c1cc(Cl)ccc1O. The van der Waals surface area contributed by atoms with Crippen LogP contribution in [0.25, 0.3) is 0 Å². The summed E-state index contributed by atoms with van der Waals surface area (Å²) in [6.45, 7) is 0. The molecule has 3 rings (SSSR count). The maximum absolute atomic E-state index is 12.9. The van der Waals surface area contributed by atoms with Gasteiger partial charge in [0, 0.05) is 15.6 Å². The van der Waals surface area contributed by atoms with Crippen LogP contribution >= 0.6 is 46.4 Å². The van der Waals surface area contributed by atoms with Gasteiger partial charge >= 0.3 is 0 Å². The minimum absolute atomic E-state index is 0.0251. The fraction of sp³-hybridized carbons (Fsp3) is 0.0526. The predicted octanol–water partition coefficient (Wildman–Crippen LogP) is 5.89. The molecule has 0 aliphatic heterocycles. The Morgan fingerprint density at radius 1 is 0.759 bits per heavy atom. The van der Waals surface area contributed by atoms with E-state index in [1.54, 1.807) is 0 Å². The molecule has 0 saturated carbocycles. The molecule has 152 valence electrons. The predicted molar refractivity (Wildman–Crippen MR) is 114 cm³/mol. The number of rotatable bonds is 4. The first kappa shape index (κ1) is 22.0. The third-order valence-corrected chi connectivity index (χ3v) is 7.10. The first-order valence-electron chi connectivity index (χ1n) is 7.89. The van der Waals surface area contributed by atoms with Crippen LogP contribution in [0, 0.1) is 0 Å². The Balaban J connectivity index is 2.61. The fourth-order valence-corrected chi connectivity index (χ4v) is 5.16. The van der Waals surface area contributed by atoms with E-state index in [1.807, 2.05) is 0 Å². The zero-order valence-electron chi connectivity index (χ0n) is 14.3. The van der Waals surface area contributed by atoms with Crippen molar-refractivity contribution in [1.29, 1.82) is 0 Å². The molecule has 3 aromatic rings. The molecular formula is C19H12Cl4O5S. The van der Waals surface area contributed by atoms with Crippen molar-refractivity contribution in [2.45, 2.75) is 4.75 Å². The number of phenolic OH excluding ortho intramolecular Hbond substituents is 2.